The third-order valence-electron chi connectivity index (χ3n) is 6.81. The van der Waals surface area contributed by atoms with E-state index in [9.17, 15) is 10.5 Å². The Morgan fingerprint density at radius 1 is 0.629 bits per heavy atom. The summed E-state index contributed by atoms with van der Waals surface area (Å²) < 4.78 is 2.15. The van der Waals surface area contributed by atoms with E-state index in [2.05, 4.69) is 89.5 Å². The third kappa shape index (κ3) is 3.43. The maximum absolute atomic E-state index is 9.91. The molecule has 1 aliphatic carbocycles. The Balaban J connectivity index is 1.68. The van der Waals surface area contributed by atoms with Crippen LogP contribution in [-0.4, -0.2) is 4.57 Å². The van der Waals surface area contributed by atoms with Crippen LogP contribution in [-0.2, 0) is 6.42 Å². The maximum Gasteiger partial charge on any atom is 0.101 e. The lowest BCUT2D eigenvalue weighted by Gasteiger charge is -2.19. The molecule has 0 saturated heterocycles. The van der Waals surface area contributed by atoms with Gasteiger partial charge in [0.2, 0.25) is 0 Å². The molecule has 1 aliphatic rings. The first-order chi connectivity index (χ1) is 17.3. The van der Waals surface area contributed by atoms with Crippen LogP contribution in [0.4, 0.5) is 0 Å². The van der Waals surface area contributed by atoms with E-state index in [-0.39, 0.29) is 0 Å². The number of benzene rings is 4. The first-order valence-corrected chi connectivity index (χ1v) is 11.7. The van der Waals surface area contributed by atoms with Gasteiger partial charge in [-0.1, -0.05) is 72.8 Å². The third-order valence-corrected chi connectivity index (χ3v) is 6.81. The summed E-state index contributed by atoms with van der Waals surface area (Å²) in [7, 11) is 0. The van der Waals surface area contributed by atoms with Crippen molar-refractivity contribution in [3.8, 4) is 29.0 Å². The van der Waals surface area contributed by atoms with Crippen LogP contribution < -0.4 is 0 Å². The van der Waals surface area contributed by atoms with E-state index < -0.39 is 0 Å². The molecule has 0 atom stereocenters. The van der Waals surface area contributed by atoms with Gasteiger partial charge in [0.25, 0.3) is 0 Å². The van der Waals surface area contributed by atoms with E-state index in [1.54, 1.807) is 18.2 Å². The Morgan fingerprint density at radius 3 is 1.94 bits per heavy atom. The zero-order valence-corrected chi connectivity index (χ0v) is 19.1. The van der Waals surface area contributed by atoms with Gasteiger partial charge in [-0.3, -0.25) is 0 Å². The molecule has 35 heavy (non-hydrogen) atoms. The average molecular weight is 448 g/mol. The second-order valence-electron chi connectivity index (χ2n) is 8.75. The molecule has 1 heterocycles. The van der Waals surface area contributed by atoms with Crippen molar-refractivity contribution in [1.29, 1.82) is 10.5 Å². The normalized spacial score (nSPS) is 12.5. The van der Waals surface area contributed by atoms with Crippen LogP contribution in [0.1, 0.15) is 34.4 Å². The fourth-order valence-electron chi connectivity index (χ4n) is 5.19. The number of nitriles is 2. The summed E-state index contributed by atoms with van der Waals surface area (Å²) in [5.41, 5.74) is 9.85. The highest BCUT2D eigenvalue weighted by atomic mass is 15.0. The highest BCUT2D eigenvalue weighted by Crippen LogP contribution is 2.41. The van der Waals surface area contributed by atoms with Crippen molar-refractivity contribution in [2.45, 2.75) is 12.8 Å². The molecule has 164 valence electrons. The summed E-state index contributed by atoms with van der Waals surface area (Å²) in [5.74, 6) is 0. The number of fused-ring (bicyclic) bond motifs is 3. The minimum Gasteiger partial charge on any atom is -0.310 e. The Bertz CT molecular complexity index is 1660. The molecule has 3 nitrogen and oxygen atoms in total. The largest absolute Gasteiger partial charge is 0.310 e. The Kier molecular flexibility index (Phi) is 5.03. The van der Waals surface area contributed by atoms with E-state index >= 15 is 0 Å². The zero-order valence-electron chi connectivity index (χ0n) is 19.1. The molecular weight excluding hydrogens is 426 g/mol. The molecule has 0 saturated carbocycles. The molecule has 3 heteroatoms. The molecule has 5 aromatic rings. The molecular formula is C32H21N3. The van der Waals surface area contributed by atoms with Crippen molar-refractivity contribution in [1.82, 2.24) is 4.57 Å². The van der Waals surface area contributed by atoms with Crippen LogP contribution in [0, 0.1) is 22.7 Å². The van der Waals surface area contributed by atoms with E-state index in [0.29, 0.717) is 16.8 Å². The molecule has 0 fully saturated rings. The molecule has 4 aromatic carbocycles. The number of aromatic nitrogens is 1. The Hall–Kier alpha value is -4.86. The first-order valence-electron chi connectivity index (χ1n) is 11.7. The van der Waals surface area contributed by atoms with Crippen LogP contribution in [0.25, 0.3) is 39.4 Å². The second kappa shape index (κ2) is 8.49. The fourth-order valence-corrected chi connectivity index (χ4v) is 5.19. The highest BCUT2D eigenvalue weighted by Gasteiger charge is 2.24. The van der Waals surface area contributed by atoms with Gasteiger partial charge in [-0.05, 0) is 65.4 Å². The summed E-state index contributed by atoms with van der Waals surface area (Å²) in [6.07, 6.45) is 4.02. The Labute approximate surface area is 204 Å². The van der Waals surface area contributed by atoms with Gasteiger partial charge >= 0.3 is 0 Å². The van der Waals surface area contributed by atoms with Gasteiger partial charge in [0.1, 0.15) is 12.1 Å². The van der Waals surface area contributed by atoms with Crippen molar-refractivity contribution in [2.24, 2.45) is 0 Å². The van der Waals surface area contributed by atoms with Crippen molar-refractivity contribution in [2.75, 3.05) is 0 Å². The van der Waals surface area contributed by atoms with Crippen LogP contribution in [0.3, 0.4) is 0 Å². The van der Waals surface area contributed by atoms with Gasteiger partial charge in [0.05, 0.1) is 22.3 Å². The van der Waals surface area contributed by atoms with Crippen LogP contribution in [0.5, 0.6) is 0 Å². The molecule has 0 N–H and O–H groups in total. The molecule has 0 spiro atoms. The smallest absolute Gasteiger partial charge is 0.101 e. The van der Waals surface area contributed by atoms with E-state index in [1.165, 1.54) is 16.7 Å². The van der Waals surface area contributed by atoms with Gasteiger partial charge in [-0.25, -0.2) is 0 Å². The van der Waals surface area contributed by atoms with Gasteiger partial charge in [0.15, 0.2) is 0 Å². The quantitative estimate of drug-likeness (QED) is 0.287. The summed E-state index contributed by atoms with van der Waals surface area (Å²) in [5, 5.41) is 21.0. The molecule has 1 aromatic heterocycles. The maximum atomic E-state index is 9.91. The van der Waals surface area contributed by atoms with Crippen molar-refractivity contribution >= 4 is 22.6 Å². The lowest BCUT2D eigenvalue weighted by molar-refractivity contribution is 0.894. The van der Waals surface area contributed by atoms with E-state index in [1.807, 2.05) is 12.1 Å². The first kappa shape index (κ1) is 20.7. The van der Waals surface area contributed by atoms with Crippen LogP contribution in [0.15, 0.2) is 97.1 Å². The predicted octanol–water partition coefficient (Wildman–Crippen LogP) is 7.53. The standard InChI is InChI=1S/C32H21N3/c33-20-26-12-7-13-27(21-34)32(26)35-30-16-14-24(22-8-3-1-4-9-22)18-28(30)29-19-25(15-17-31(29)35)23-10-5-2-6-11-23/h1-14,16,18-19H,15,17H2. The summed E-state index contributed by atoms with van der Waals surface area (Å²) in [6.45, 7) is 0. The topological polar surface area (TPSA) is 52.5 Å². The lowest BCUT2D eigenvalue weighted by atomic mass is 9.91. The summed E-state index contributed by atoms with van der Waals surface area (Å²) in [6, 6.07) is 37.4. The molecule has 0 amide bonds. The van der Waals surface area contributed by atoms with E-state index in [0.717, 1.165) is 40.6 Å². The fraction of sp³-hybridized carbons (Fsp3) is 0.0625. The zero-order chi connectivity index (χ0) is 23.8. The molecule has 0 unspecified atom stereocenters. The van der Waals surface area contributed by atoms with Gasteiger partial charge in [-0.2, -0.15) is 10.5 Å². The van der Waals surface area contributed by atoms with Crippen LogP contribution >= 0.6 is 0 Å². The number of hydrogen-bond donors (Lipinski definition) is 0. The number of nitrogens with zero attached hydrogens (tertiary/aromatic N) is 3. The minimum atomic E-state index is 0.508. The van der Waals surface area contributed by atoms with Crippen molar-refractivity contribution in [3.05, 3.63) is 125 Å². The molecule has 6 rings (SSSR count). The average Bonchev–Trinajstić information content (AvgIpc) is 3.26. The summed E-state index contributed by atoms with van der Waals surface area (Å²) in [4.78, 5) is 0. The van der Waals surface area contributed by atoms with Crippen molar-refractivity contribution in [3.63, 3.8) is 0 Å². The number of allylic oxidation sites excluding steroid dienone is 1. The van der Waals surface area contributed by atoms with E-state index in [4.69, 9.17) is 0 Å². The number of hydrogen-bond acceptors (Lipinski definition) is 2. The second-order valence-corrected chi connectivity index (χ2v) is 8.75. The number of rotatable bonds is 3. The SMILES string of the molecule is N#Cc1cccc(C#N)c1-n1c2c(c3cc(-c4ccccc4)ccc31)C=C(c1ccccc1)CC2. The monoisotopic (exact) mass is 447 g/mol. The van der Waals surface area contributed by atoms with Gasteiger partial charge in [-0.15, -0.1) is 0 Å². The van der Waals surface area contributed by atoms with Crippen molar-refractivity contribution < 1.29 is 0 Å². The molecule has 0 bridgehead atoms. The minimum absolute atomic E-state index is 0.508. The molecule has 0 aliphatic heterocycles. The van der Waals surface area contributed by atoms with Gasteiger partial charge in [0, 0.05) is 16.6 Å². The Morgan fingerprint density at radius 2 is 1.29 bits per heavy atom. The highest BCUT2D eigenvalue weighted by molar-refractivity contribution is 6.01. The predicted molar refractivity (Wildman–Crippen MR) is 141 cm³/mol. The lowest BCUT2D eigenvalue weighted by Crippen LogP contribution is -2.08. The summed E-state index contributed by atoms with van der Waals surface area (Å²) >= 11 is 0. The van der Waals surface area contributed by atoms with Gasteiger partial charge < -0.3 is 4.57 Å². The van der Waals surface area contributed by atoms with Crippen LogP contribution in [0.2, 0.25) is 0 Å². The molecule has 0 radical (unpaired) electrons. The number of para-hydroxylation sites is 1.